The van der Waals surface area contributed by atoms with Crippen LogP contribution in [0, 0.1) is 0 Å². The average Bonchev–Trinajstić information content (AvgIpc) is 2.26. The molecule has 0 amide bonds. The van der Waals surface area contributed by atoms with Crippen LogP contribution in [0.5, 0.6) is 0 Å². The number of rotatable bonds is 3. The molecule has 1 aromatic carbocycles. The molecule has 0 unspecified atom stereocenters. The molecule has 14 heavy (non-hydrogen) atoms. The van der Waals surface area contributed by atoms with Gasteiger partial charge in [0.25, 0.3) is 0 Å². The van der Waals surface area contributed by atoms with Gasteiger partial charge >= 0.3 is 0 Å². The van der Waals surface area contributed by atoms with Gasteiger partial charge in [0, 0.05) is 0 Å². The van der Waals surface area contributed by atoms with Gasteiger partial charge in [-0.25, -0.2) is 0 Å². The van der Waals surface area contributed by atoms with Gasteiger partial charge in [0.15, 0.2) is 0 Å². The van der Waals surface area contributed by atoms with E-state index >= 15 is 0 Å². The minimum atomic E-state index is 1.08. The lowest BCUT2D eigenvalue weighted by molar-refractivity contribution is 0.948. The minimum absolute atomic E-state index is 1.08. The topological polar surface area (TPSA) is 0 Å². The van der Waals surface area contributed by atoms with E-state index in [0.717, 1.165) is 12.8 Å². The predicted molar refractivity (Wildman–Crippen MR) is 62.2 cm³/mol. The first-order valence-corrected chi connectivity index (χ1v) is 5.30. The fraction of sp³-hybridized carbons (Fsp3) is 0.286. The third kappa shape index (κ3) is 1.79. The van der Waals surface area contributed by atoms with Gasteiger partial charge in [0.05, 0.1) is 0 Å². The van der Waals surface area contributed by atoms with Gasteiger partial charge in [0.2, 0.25) is 0 Å². The van der Waals surface area contributed by atoms with E-state index in [0.29, 0.717) is 0 Å². The van der Waals surface area contributed by atoms with E-state index in [4.69, 9.17) is 0 Å². The average molecular weight is 184 g/mol. The highest BCUT2D eigenvalue weighted by atomic mass is 14.1. The Labute approximate surface area is 86.0 Å². The summed E-state index contributed by atoms with van der Waals surface area (Å²) in [5, 5.41) is 0. The van der Waals surface area contributed by atoms with E-state index in [2.05, 4.69) is 36.9 Å². The zero-order chi connectivity index (χ0) is 9.80. The Bertz CT molecular complexity index is 358. The summed E-state index contributed by atoms with van der Waals surface area (Å²) in [6.45, 7) is 3.77. The van der Waals surface area contributed by atoms with Crippen LogP contribution in [-0.2, 0) is 6.42 Å². The summed E-state index contributed by atoms with van der Waals surface area (Å²) in [7, 11) is 0. The molecule has 0 heterocycles. The number of benzene rings is 1. The lowest BCUT2D eigenvalue weighted by atomic mass is 9.89. The third-order valence-corrected chi connectivity index (χ3v) is 2.79. The molecule has 0 N–H and O–H groups in total. The second-order valence-corrected chi connectivity index (χ2v) is 3.75. The van der Waals surface area contributed by atoms with Crippen LogP contribution in [-0.4, -0.2) is 0 Å². The second-order valence-electron chi connectivity index (χ2n) is 3.75. The number of hydrogen-bond acceptors (Lipinski definition) is 0. The smallest absolute Gasteiger partial charge is 0.0195 e. The van der Waals surface area contributed by atoms with Crippen molar-refractivity contribution in [2.24, 2.45) is 0 Å². The van der Waals surface area contributed by atoms with Gasteiger partial charge in [-0.2, -0.15) is 0 Å². The quantitative estimate of drug-likeness (QED) is 0.623. The highest BCUT2D eigenvalue weighted by Gasteiger charge is 2.10. The Kier molecular flexibility index (Phi) is 2.83. The van der Waals surface area contributed by atoms with Crippen molar-refractivity contribution in [2.45, 2.75) is 25.7 Å². The van der Waals surface area contributed by atoms with Crippen molar-refractivity contribution in [2.75, 3.05) is 0 Å². The van der Waals surface area contributed by atoms with E-state index in [1.165, 1.54) is 29.5 Å². The van der Waals surface area contributed by atoms with Crippen molar-refractivity contribution in [3.63, 3.8) is 0 Å². The van der Waals surface area contributed by atoms with Crippen LogP contribution in [0.1, 0.15) is 30.4 Å². The molecule has 1 aliphatic carbocycles. The van der Waals surface area contributed by atoms with Crippen LogP contribution in [0.2, 0.25) is 0 Å². The van der Waals surface area contributed by atoms with E-state index < -0.39 is 0 Å². The first-order chi connectivity index (χ1) is 6.92. The maximum atomic E-state index is 3.77. The molecule has 0 heteroatoms. The highest BCUT2D eigenvalue weighted by Crippen LogP contribution is 2.29. The molecule has 0 fully saturated rings. The molecule has 2 rings (SSSR count). The van der Waals surface area contributed by atoms with E-state index in [1.54, 1.807) is 0 Å². The first-order valence-electron chi connectivity index (χ1n) is 5.30. The van der Waals surface area contributed by atoms with Crippen LogP contribution in [0.15, 0.2) is 43.0 Å². The molecular formula is C14H16. The highest BCUT2D eigenvalue weighted by molar-refractivity contribution is 5.70. The van der Waals surface area contributed by atoms with Gasteiger partial charge in [-0.05, 0) is 42.4 Å². The molecule has 0 nitrogen and oxygen atoms in total. The van der Waals surface area contributed by atoms with Gasteiger partial charge < -0.3 is 0 Å². The molecular weight excluding hydrogens is 168 g/mol. The van der Waals surface area contributed by atoms with Crippen LogP contribution in [0.25, 0.3) is 5.57 Å². The van der Waals surface area contributed by atoms with Crippen LogP contribution < -0.4 is 0 Å². The number of hydrogen-bond donors (Lipinski definition) is 0. The molecule has 1 aliphatic rings. The second kappa shape index (κ2) is 4.28. The van der Waals surface area contributed by atoms with Gasteiger partial charge in [-0.1, -0.05) is 36.4 Å². The third-order valence-electron chi connectivity index (χ3n) is 2.79. The van der Waals surface area contributed by atoms with Gasteiger partial charge in [-0.15, -0.1) is 6.58 Å². The number of aryl methyl sites for hydroxylation is 1. The molecule has 0 aliphatic heterocycles. The molecule has 0 radical (unpaired) electrons. The van der Waals surface area contributed by atoms with Crippen molar-refractivity contribution < 1.29 is 0 Å². The van der Waals surface area contributed by atoms with Crippen LogP contribution in [0.4, 0.5) is 0 Å². The molecule has 72 valence electrons. The Morgan fingerprint density at radius 3 is 3.00 bits per heavy atom. The van der Waals surface area contributed by atoms with Crippen LogP contribution in [0.3, 0.4) is 0 Å². The van der Waals surface area contributed by atoms with E-state index in [9.17, 15) is 0 Å². The Hall–Kier alpha value is -1.30. The zero-order valence-corrected chi connectivity index (χ0v) is 8.50. The molecule has 0 aromatic heterocycles. The summed E-state index contributed by atoms with van der Waals surface area (Å²) in [4.78, 5) is 0. The van der Waals surface area contributed by atoms with E-state index in [-0.39, 0.29) is 0 Å². The van der Waals surface area contributed by atoms with Crippen LogP contribution >= 0.6 is 0 Å². The molecule has 1 aromatic rings. The first kappa shape index (κ1) is 9.26. The summed E-state index contributed by atoms with van der Waals surface area (Å²) >= 11 is 0. The van der Waals surface area contributed by atoms with Crippen molar-refractivity contribution >= 4 is 5.57 Å². The summed E-state index contributed by atoms with van der Waals surface area (Å²) in [5.74, 6) is 0. The van der Waals surface area contributed by atoms with Gasteiger partial charge in [-0.3, -0.25) is 0 Å². The summed E-state index contributed by atoms with van der Waals surface area (Å²) in [6.07, 6.45) is 9.00. The Morgan fingerprint density at radius 2 is 2.14 bits per heavy atom. The minimum Gasteiger partial charge on any atom is -0.103 e. The lowest BCUT2D eigenvalue weighted by Gasteiger charge is -2.16. The fourth-order valence-corrected chi connectivity index (χ4v) is 2.06. The van der Waals surface area contributed by atoms with Gasteiger partial charge in [0.1, 0.15) is 0 Å². The zero-order valence-electron chi connectivity index (χ0n) is 8.50. The summed E-state index contributed by atoms with van der Waals surface area (Å²) in [5.41, 5.74) is 4.47. The summed E-state index contributed by atoms with van der Waals surface area (Å²) in [6, 6.07) is 8.75. The van der Waals surface area contributed by atoms with Crippen molar-refractivity contribution in [1.29, 1.82) is 0 Å². The lowest BCUT2D eigenvalue weighted by Crippen LogP contribution is -1.98. The van der Waals surface area contributed by atoms with Crippen molar-refractivity contribution in [3.8, 4) is 0 Å². The molecule has 0 saturated carbocycles. The Morgan fingerprint density at radius 1 is 1.29 bits per heavy atom. The standard InChI is InChI=1S/C14H16/c1-2-3-7-12-9-6-10-13-8-4-5-11-14(12)13/h2,4-5,8-9,11H,1,3,6-7,10H2. The maximum Gasteiger partial charge on any atom is -0.0195 e. The normalized spacial score (nSPS) is 14.4. The number of allylic oxidation sites excluding steroid dienone is 3. The molecule has 0 bridgehead atoms. The fourth-order valence-electron chi connectivity index (χ4n) is 2.06. The molecule has 0 atom stereocenters. The monoisotopic (exact) mass is 184 g/mol. The number of fused-ring (bicyclic) bond motifs is 1. The van der Waals surface area contributed by atoms with Crippen molar-refractivity contribution in [3.05, 3.63) is 54.1 Å². The SMILES string of the molecule is C=CCCC1=CCCc2ccccc21. The van der Waals surface area contributed by atoms with E-state index in [1.807, 2.05) is 6.08 Å². The molecule has 0 saturated heterocycles. The predicted octanol–water partition coefficient (Wildman–Crippen LogP) is 3.98. The maximum absolute atomic E-state index is 3.77. The summed E-state index contributed by atoms with van der Waals surface area (Å²) < 4.78 is 0. The largest absolute Gasteiger partial charge is 0.103 e. The molecule has 0 spiro atoms. The Balaban J connectivity index is 2.26. The van der Waals surface area contributed by atoms with Crippen molar-refractivity contribution in [1.82, 2.24) is 0 Å².